The van der Waals surface area contributed by atoms with E-state index in [1.165, 1.54) is 7.05 Å². The van der Waals surface area contributed by atoms with Gasteiger partial charge in [0.25, 0.3) is 0 Å². The van der Waals surface area contributed by atoms with E-state index in [9.17, 15) is 14.4 Å². The molecule has 116 valence electrons. The molecule has 9 nitrogen and oxygen atoms in total. The molecule has 0 spiro atoms. The number of piperazine rings is 1. The summed E-state index contributed by atoms with van der Waals surface area (Å²) < 4.78 is 0. The van der Waals surface area contributed by atoms with Crippen molar-refractivity contribution in [3.8, 4) is 0 Å². The second-order valence-corrected chi connectivity index (χ2v) is 5.32. The summed E-state index contributed by atoms with van der Waals surface area (Å²) in [6, 6.07) is 1.22. The van der Waals surface area contributed by atoms with Crippen LogP contribution in [0.25, 0.3) is 0 Å². The topological polar surface area (TPSA) is 91.2 Å². The Kier molecular flexibility index (Phi) is 3.72. The predicted octanol–water partition coefficient (Wildman–Crippen LogP) is -2.44. The van der Waals surface area contributed by atoms with Crippen LogP contribution < -0.4 is 9.80 Å². The molecule has 0 saturated carbocycles. The molecule has 0 radical (unpaired) electrons. The molecular formula is C13H17N6O3+. The smallest absolute Gasteiger partial charge is 0.330 e. The van der Waals surface area contributed by atoms with E-state index in [1.807, 2.05) is 0 Å². The van der Waals surface area contributed by atoms with Crippen LogP contribution in [0.5, 0.6) is 0 Å². The van der Waals surface area contributed by atoms with E-state index >= 15 is 0 Å². The zero-order valence-corrected chi connectivity index (χ0v) is 12.2. The van der Waals surface area contributed by atoms with Gasteiger partial charge in [0, 0.05) is 19.4 Å². The maximum Gasteiger partial charge on any atom is 0.338 e. The van der Waals surface area contributed by atoms with Crippen molar-refractivity contribution in [3.05, 3.63) is 18.5 Å². The molecule has 3 rings (SSSR count). The molecule has 0 aliphatic carbocycles. The van der Waals surface area contributed by atoms with E-state index in [2.05, 4.69) is 14.9 Å². The fourth-order valence-electron chi connectivity index (χ4n) is 2.61. The number of hydrogen-bond donors (Lipinski definition) is 1. The third-order valence-corrected chi connectivity index (χ3v) is 3.94. The van der Waals surface area contributed by atoms with Gasteiger partial charge in [-0.2, -0.15) is 0 Å². The van der Waals surface area contributed by atoms with Crippen LogP contribution in [0.2, 0.25) is 0 Å². The lowest BCUT2D eigenvalue weighted by molar-refractivity contribution is -0.907. The number of nitrogens with zero attached hydrogens (tertiary/aromatic N) is 5. The highest BCUT2D eigenvalue weighted by atomic mass is 16.2. The SMILES string of the molecule is CN1C(=O)C(=O)N(C[NH+]2CCN(c3ncccn3)CC2)C1=O. The van der Waals surface area contributed by atoms with Gasteiger partial charge in [0.1, 0.15) is 0 Å². The quantitative estimate of drug-likeness (QED) is 0.493. The molecule has 22 heavy (non-hydrogen) atoms. The molecule has 2 fully saturated rings. The molecule has 9 heteroatoms. The number of imide groups is 2. The Morgan fingerprint density at radius 3 is 2.27 bits per heavy atom. The van der Waals surface area contributed by atoms with Crippen LogP contribution >= 0.6 is 0 Å². The number of hydrogen-bond acceptors (Lipinski definition) is 6. The van der Waals surface area contributed by atoms with Crippen LogP contribution in [0, 0.1) is 0 Å². The molecule has 1 aromatic heterocycles. The second kappa shape index (κ2) is 5.68. The van der Waals surface area contributed by atoms with Crippen molar-refractivity contribution in [2.75, 3.05) is 44.8 Å². The Hall–Kier alpha value is -2.55. The first-order chi connectivity index (χ1) is 10.6. The van der Waals surface area contributed by atoms with E-state index in [0.29, 0.717) is 5.95 Å². The van der Waals surface area contributed by atoms with Crippen LogP contribution in [0.4, 0.5) is 10.7 Å². The van der Waals surface area contributed by atoms with Gasteiger partial charge in [-0.3, -0.25) is 14.5 Å². The Balaban J connectivity index is 1.58. The van der Waals surface area contributed by atoms with E-state index in [1.54, 1.807) is 18.5 Å². The highest BCUT2D eigenvalue weighted by Crippen LogP contribution is 2.08. The average Bonchev–Trinajstić information content (AvgIpc) is 2.74. The van der Waals surface area contributed by atoms with Crippen molar-refractivity contribution in [1.82, 2.24) is 19.8 Å². The summed E-state index contributed by atoms with van der Waals surface area (Å²) in [5.74, 6) is -0.820. The summed E-state index contributed by atoms with van der Waals surface area (Å²) in [7, 11) is 1.32. The summed E-state index contributed by atoms with van der Waals surface area (Å²) in [6.45, 7) is 3.18. The number of likely N-dealkylation sites (N-methyl/N-ethyl adjacent to an activating group) is 1. The van der Waals surface area contributed by atoms with Gasteiger partial charge < -0.3 is 9.80 Å². The first-order valence-corrected chi connectivity index (χ1v) is 7.07. The molecule has 1 N–H and O–H groups in total. The molecule has 1 aromatic rings. The third kappa shape index (κ3) is 2.50. The van der Waals surface area contributed by atoms with Gasteiger partial charge in [0.15, 0.2) is 6.67 Å². The van der Waals surface area contributed by atoms with E-state index in [4.69, 9.17) is 0 Å². The van der Waals surface area contributed by atoms with Crippen molar-refractivity contribution in [3.63, 3.8) is 0 Å². The Morgan fingerprint density at radius 2 is 1.73 bits per heavy atom. The van der Waals surface area contributed by atoms with Crippen LogP contribution in [0.3, 0.4) is 0 Å². The van der Waals surface area contributed by atoms with Crippen molar-refractivity contribution in [2.24, 2.45) is 0 Å². The van der Waals surface area contributed by atoms with E-state index in [-0.39, 0.29) is 6.67 Å². The summed E-state index contributed by atoms with van der Waals surface area (Å²) in [6.07, 6.45) is 3.40. The molecule has 4 amide bonds. The van der Waals surface area contributed by atoms with Crippen molar-refractivity contribution in [1.29, 1.82) is 0 Å². The first-order valence-electron chi connectivity index (χ1n) is 7.07. The Morgan fingerprint density at radius 1 is 1.09 bits per heavy atom. The zero-order chi connectivity index (χ0) is 15.7. The Bertz CT molecular complexity index is 599. The predicted molar refractivity (Wildman–Crippen MR) is 74.8 cm³/mol. The number of nitrogens with one attached hydrogen (secondary N) is 1. The lowest BCUT2D eigenvalue weighted by Crippen LogP contribution is -3.16. The van der Waals surface area contributed by atoms with Gasteiger partial charge in [-0.1, -0.05) is 0 Å². The van der Waals surface area contributed by atoms with Gasteiger partial charge in [0.05, 0.1) is 26.2 Å². The molecule has 0 unspecified atom stereocenters. The molecule has 2 aliphatic heterocycles. The number of quaternary nitrogens is 1. The van der Waals surface area contributed by atoms with Crippen LogP contribution in [0.1, 0.15) is 0 Å². The number of carbonyl (C=O) groups excluding carboxylic acids is 3. The molecule has 0 bridgehead atoms. The highest BCUT2D eigenvalue weighted by molar-refractivity contribution is 6.44. The van der Waals surface area contributed by atoms with Gasteiger partial charge in [-0.25, -0.2) is 19.7 Å². The van der Waals surface area contributed by atoms with Gasteiger partial charge >= 0.3 is 17.8 Å². The monoisotopic (exact) mass is 305 g/mol. The molecule has 3 heterocycles. The minimum atomic E-state index is -0.763. The lowest BCUT2D eigenvalue weighted by Gasteiger charge is -2.33. The van der Waals surface area contributed by atoms with Crippen molar-refractivity contribution < 1.29 is 19.3 Å². The minimum absolute atomic E-state index is 0.219. The van der Waals surface area contributed by atoms with Crippen LogP contribution in [0.15, 0.2) is 18.5 Å². The normalized spacial score (nSPS) is 20.2. The third-order valence-electron chi connectivity index (χ3n) is 3.94. The fraction of sp³-hybridized carbons (Fsp3) is 0.462. The van der Waals surface area contributed by atoms with Gasteiger partial charge in [-0.05, 0) is 6.07 Å². The minimum Gasteiger partial charge on any atom is -0.330 e. The van der Waals surface area contributed by atoms with E-state index < -0.39 is 17.8 Å². The van der Waals surface area contributed by atoms with Crippen molar-refractivity contribution >= 4 is 23.8 Å². The van der Waals surface area contributed by atoms with Gasteiger partial charge in [-0.15, -0.1) is 0 Å². The second-order valence-electron chi connectivity index (χ2n) is 5.32. The molecule has 2 saturated heterocycles. The number of carbonyl (C=O) groups is 3. The highest BCUT2D eigenvalue weighted by Gasteiger charge is 2.44. The molecule has 0 atom stereocenters. The summed E-state index contributed by atoms with van der Waals surface area (Å²) in [5.41, 5.74) is 0. The lowest BCUT2D eigenvalue weighted by atomic mass is 10.3. The summed E-state index contributed by atoms with van der Waals surface area (Å²) in [4.78, 5) is 48.5. The standard InChI is InChI=1S/C13H16N6O3/c1-16-10(20)11(21)19(13(16)22)9-17-5-7-18(8-6-17)12-14-3-2-4-15-12/h2-4H,5-9H2,1H3/p+1. The van der Waals surface area contributed by atoms with Crippen molar-refractivity contribution in [2.45, 2.75) is 0 Å². The molecular weight excluding hydrogens is 288 g/mol. The maximum absolute atomic E-state index is 11.9. The number of anilines is 1. The van der Waals surface area contributed by atoms with Crippen LogP contribution in [-0.4, -0.2) is 77.5 Å². The number of rotatable bonds is 3. The first kappa shape index (κ1) is 14.4. The zero-order valence-electron chi connectivity index (χ0n) is 12.2. The largest absolute Gasteiger partial charge is 0.338 e. The maximum atomic E-state index is 11.9. The number of aromatic nitrogens is 2. The Labute approximate surface area is 127 Å². The average molecular weight is 305 g/mol. The number of urea groups is 1. The molecule has 0 aromatic carbocycles. The summed E-state index contributed by atoms with van der Waals surface area (Å²) >= 11 is 0. The van der Waals surface area contributed by atoms with Gasteiger partial charge in [0.2, 0.25) is 5.95 Å². The van der Waals surface area contributed by atoms with Crippen LogP contribution in [-0.2, 0) is 9.59 Å². The summed E-state index contributed by atoms with van der Waals surface area (Å²) in [5, 5.41) is 0. The van der Waals surface area contributed by atoms with E-state index in [0.717, 1.165) is 40.9 Å². The fourth-order valence-corrected chi connectivity index (χ4v) is 2.61. The number of amides is 4. The molecule has 2 aliphatic rings.